The van der Waals surface area contributed by atoms with Crippen LogP contribution >= 0.6 is 12.2 Å². The molecule has 1 aromatic carbocycles. The van der Waals surface area contributed by atoms with Crippen LogP contribution in [0, 0.1) is 0 Å². The molecule has 0 aliphatic carbocycles. The lowest BCUT2D eigenvalue weighted by Gasteiger charge is -2.23. The van der Waals surface area contributed by atoms with Crippen molar-refractivity contribution in [1.82, 2.24) is 10.3 Å². The number of benzene rings is 1. The molecule has 120 valence electrons. The molecule has 7 nitrogen and oxygen atoms in total. The number of thiocarbonyl (C=S) groups is 1. The van der Waals surface area contributed by atoms with Gasteiger partial charge in [0.1, 0.15) is 5.75 Å². The van der Waals surface area contributed by atoms with Gasteiger partial charge in [0.15, 0.2) is 5.11 Å². The van der Waals surface area contributed by atoms with E-state index < -0.39 is 12.1 Å². The van der Waals surface area contributed by atoms with Gasteiger partial charge in [-0.15, -0.1) is 0 Å². The van der Waals surface area contributed by atoms with E-state index in [1.165, 1.54) is 11.1 Å². The summed E-state index contributed by atoms with van der Waals surface area (Å²) in [6.07, 6.45) is 1.03. The second kappa shape index (κ2) is 8.83. The van der Waals surface area contributed by atoms with Gasteiger partial charge < -0.3 is 20.5 Å². The minimum Gasteiger partial charge on any atom is -0.497 e. The molecule has 0 bridgehead atoms. The van der Waals surface area contributed by atoms with Crippen molar-refractivity contribution in [3.8, 4) is 5.75 Å². The van der Waals surface area contributed by atoms with E-state index in [4.69, 9.17) is 10.5 Å². The third-order valence-corrected chi connectivity index (χ3v) is 3.09. The molecule has 0 saturated heterocycles. The number of carbonyl (C=O) groups is 1. The standard InChI is InChI=1S/C14H20N4O3S/c1-10(9-16-17-13(15)22)18(14(19)20)8-7-11-3-5-12(21-2)6-4-11/h3-6,9-10H,7-8H2,1-2H3,(H,19,20)(H3,15,17,22). The molecule has 1 aromatic rings. The van der Waals surface area contributed by atoms with Gasteiger partial charge in [-0.2, -0.15) is 5.10 Å². The van der Waals surface area contributed by atoms with Crippen LogP contribution in [0.4, 0.5) is 4.79 Å². The number of hydrogen-bond donors (Lipinski definition) is 3. The molecule has 0 saturated carbocycles. The van der Waals surface area contributed by atoms with Crippen LogP contribution in [0.15, 0.2) is 29.4 Å². The van der Waals surface area contributed by atoms with E-state index in [1.54, 1.807) is 14.0 Å². The van der Waals surface area contributed by atoms with Crippen LogP contribution in [0.2, 0.25) is 0 Å². The van der Waals surface area contributed by atoms with Crippen molar-refractivity contribution in [3.63, 3.8) is 0 Å². The number of carboxylic acid groups (broad SMARTS) is 1. The maximum atomic E-state index is 11.3. The number of amides is 1. The topological polar surface area (TPSA) is 100 Å². The van der Waals surface area contributed by atoms with Gasteiger partial charge in [0.25, 0.3) is 0 Å². The van der Waals surface area contributed by atoms with Crippen LogP contribution in [-0.4, -0.2) is 47.1 Å². The molecule has 0 spiro atoms. The normalized spacial score (nSPS) is 11.9. The van der Waals surface area contributed by atoms with Gasteiger partial charge in [-0.05, 0) is 43.3 Å². The second-order valence-electron chi connectivity index (χ2n) is 4.57. The fourth-order valence-corrected chi connectivity index (χ4v) is 1.86. The lowest BCUT2D eigenvalue weighted by Crippen LogP contribution is -2.40. The van der Waals surface area contributed by atoms with Crippen LogP contribution in [-0.2, 0) is 6.42 Å². The van der Waals surface area contributed by atoms with E-state index in [9.17, 15) is 9.90 Å². The monoisotopic (exact) mass is 324 g/mol. The number of hydrogen-bond acceptors (Lipinski definition) is 4. The number of hydrazone groups is 1. The Morgan fingerprint density at radius 1 is 1.55 bits per heavy atom. The summed E-state index contributed by atoms with van der Waals surface area (Å²) >= 11 is 4.61. The van der Waals surface area contributed by atoms with E-state index in [-0.39, 0.29) is 5.11 Å². The number of ether oxygens (including phenoxy) is 1. The lowest BCUT2D eigenvalue weighted by molar-refractivity contribution is 0.141. The summed E-state index contributed by atoms with van der Waals surface area (Å²) in [7, 11) is 1.60. The van der Waals surface area contributed by atoms with E-state index >= 15 is 0 Å². The van der Waals surface area contributed by atoms with E-state index in [2.05, 4.69) is 22.7 Å². The van der Waals surface area contributed by atoms with Crippen molar-refractivity contribution in [2.75, 3.05) is 13.7 Å². The zero-order chi connectivity index (χ0) is 16.5. The maximum Gasteiger partial charge on any atom is 0.407 e. The van der Waals surface area contributed by atoms with Crippen LogP contribution in [0.3, 0.4) is 0 Å². The molecular formula is C14H20N4O3S. The van der Waals surface area contributed by atoms with Gasteiger partial charge >= 0.3 is 6.09 Å². The highest BCUT2D eigenvalue weighted by atomic mass is 32.1. The van der Waals surface area contributed by atoms with Crippen molar-refractivity contribution in [2.24, 2.45) is 10.8 Å². The Morgan fingerprint density at radius 3 is 2.68 bits per heavy atom. The number of nitrogens with zero attached hydrogens (tertiary/aromatic N) is 2. The van der Waals surface area contributed by atoms with Gasteiger partial charge in [0, 0.05) is 12.8 Å². The number of nitrogens with one attached hydrogen (secondary N) is 1. The molecule has 1 unspecified atom stereocenters. The third kappa shape index (κ3) is 5.96. The molecule has 1 atom stereocenters. The Labute approximate surface area is 134 Å². The highest BCUT2D eigenvalue weighted by molar-refractivity contribution is 7.80. The SMILES string of the molecule is COc1ccc(CCN(C(=O)O)C(C)C=NNC(N)=S)cc1. The molecule has 4 N–H and O–H groups in total. The minimum absolute atomic E-state index is 0.0311. The average molecular weight is 324 g/mol. The van der Waals surface area contributed by atoms with Crippen molar-refractivity contribution < 1.29 is 14.6 Å². The summed E-state index contributed by atoms with van der Waals surface area (Å²) in [5.41, 5.74) is 8.67. The maximum absolute atomic E-state index is 11.3. The number of rotatable bonds is 7. The fourth-order valence-electron chi connectivity index (χ4n) is 1.80. The van der Waals surface area contributed by atoms with Gasteiger partial charge in [0.2, 0.25) is 0 Å². The summed E-state index contributed by atoms with van der Waals surface area (Å²) in [5, 5.41) is 13.1. The zero-order valence-corrected chi connectivity index (χ0v) is 13.3. The summed E-state index contributed by atoms with van der Waals surface area (Å²) in [6.45, 7) is 2.08. The minimum atomic E-state index is -1.01. The summed E-state index contributed by atoms with van der Waals surface area (Å²) in [5.74, 6) is 0.767. The van der Waals surface area contributed by atoms with E-state index in [0.717, 1.165) is 11.3 Å². The van der Waals surface area contributed by atoms with Crippen LogP contribution < -0.4 is 15.9 Å². The smallest absolute Gasteiger partial charge is 0.407 e. The molecule has 1 amide bonds. The lowest BCUT2D eigenvalue weighted by atomic mass is 10.1. The predicted octanol–water partition coefficient (Wildman–Crippen LogP) is 1.43. The van der Waals surface area contributed by atoms with Crippen molar-refractivity contribution in [2.45, 2.75) is 19.4 Å². The first kappa shape index (κ1) is 17.7. The molecule has 1 rings (SSSR count). The molecule has 8 heteroatoms. The first-order valence-corrected chi connectivity index (χ1v) is 7.06. The van der Waals surface area contributed by atoms with Crippen molar-refractivity contribution in [3.05, 3.63) is 29.8 Å². The molecule has 0 aliphatic rings. The Morgan fingerprint density at radius 2 is 2.18 bits per heavy atom. The van der Waals surface area contributed by atoms with Crippen LogP contribution in [0.1, 0.15) is 12.5 Å². The highest BCUT2D eigenvalue weighted by Crippen LogP contribution is 2.12. The largest absolute Gasteiger partial charge is 0.497 e. The number of nitrogens with two attached hydrogens (primary N) is 1. The quantitative estimate of drug-likeness (QED) is 0.398. The van der Waals surface area contributed by atoms with E-state index in [1.807, 2.05) is 24.3 Å². The Bertz CT molecular complexity index is 533. The average Bonchev–Trinajstić information content (AvgIpc) is 2.47. The molecule has 0 fully saturated rings. The Kier molecular flexibility index (Phi) is 7.11. The van der Waals surface area contributed by atoms with Crippen LogP contribution in [0.25, 0.3) is 0 Å². The van der Waals surface area contributed by atoms with Gasteiger partial charge in [-0.25, -0.2) is 4.79 Å². The first-order chi connectivity index (χ1) is 10.4. The molecule has 22 heavy (non-hydrogen) atoms. The van der Waals surface area contributed by atoms with Gasteiger partial charge in [-0.1, -0.05) is 12.1 Å². The molecule has 0 heterocycles. The summed E-state index contributed by atoms with van der Waals surface area (Å²) in [6, 6.07) is 7.10. The first-order valence-electron chi connectivity index (χ1n) is 6.65. The van der Waals surface area contributed by atoms with Crippen LogP contribution in [0.5, 0.6) is 5.75 Å². The Balaban J connectivity index is 2.61. The van der Waals surface area contributed by atoms with Gasteiger partial charge in [-0.3, -0.25) is 5.43 Å². The zero-order valence-electron chi connectivity index (χ0n) is 12.5. The van der Waals surface area contributed by atoms with E-state index in [0.29, 0.717) is 13.0 Å². The molecular weight excluding hydrogens is 304 g/mol. The third-order valence-electron chi connectivity index (χ3n) is 3.00. The fraction of sp³-hybridized carbons (Fsp3) is 0.357. The van der Waals surface area contributed by atoms with Gasteiger partial charge in [0.05, 0.1) is 13.2 Å². The van der Waals surface area contributed by atoms with Crippen molar-refractivity contribution in [1.29, 1.82) is 0 Å². The Hall–Kier alpha value is -2.35. The second-order valence-corrected chi connectivity index (χ2v) is 5.01. The number of methoxy groups -OCH3 is 1. The molecule has 0 aromatic heterocycles. The summed E-state index contributed by atoms with van der Waals surface area (Å²) in [4.78, 5) is 12.6. The molecule has 0 aliphatic heterocycles. The van der Waals surface area contributed by atoms with Crippen molar-refractivity contribution >= 4 is 29.6 Å². The molecule has 0 radical (unpaired) electrons. The highest BCUT2D eigenvalue weighted by Gasteiger charge is 2.17. The summed E-state index contributed by atoms with van der Waals surface area (Å²) < 4.78 is 5.09. The predicted molar refractivity (Wildman–Crippen MR) is 89.3 cm³/mol.